The number of allylic oxidation sites excluding steroid dienone is 2. The lowest BCUT2D eigenvalue weighted by atomic mass is 10.2. The molecule has 0 heterocycles. The molecule has 90 valence electrons. The van der Waals surface area contributed by atoms with Gasteiger partial charge in [-0.3, -0.25) is 0 Å². The summed E-state index contributed by atoms with van der Waals surface area (Å²) in [4.78, 5) is 1.73. The maximum Gasteiger partial charge on any atom is 0.152 e. The van der Waals surface area contributed by atoms with E-state index >= 15 is 0 Å². The normalized spacial score (nSPS) is 9.33. The van der Waals surface area contributed by atoms with Crippen molar-refractivity contribution in [2.75, 3.05) is 19.4 Å². The molecule has 4 nitrogen and oxygen atoms in total. The van der Waals surface area contributed by atoms with Crippen LogP contribution in [-0.4, -0.2) is 19.0 Å². The lowest BCUT2D eigenvalue weighted by Gasteiger charge is -2.13. The Labute approximate surface area is 107 Å². The predicted octanol–water partition coefficient (Wildman–Crippen LogP) is 2.48. The summed E-state index contributed by atoms with van der Waals surface area (Å²) in [5.41, 5.74) is 1.61. The van der Waals surface area contributed by atoms with Crippen molar-refractivity contribution >= 4 is 5.69 Å². The summed E-state index contributed by atoms with van der Waals surface area (Å²) in [5.74, 6) is 0. The zero-order valence-electron chi connectivity index (χ0n) is 10.4. The average molecular weight is 238 g/mol. The van der Waals surface area contributed by atoms with Crippen LogP contribution in [0.4, 0.5) is 5.69 Å². The van der Waals surface area contributed by atoms with Gasteiger partial charge in [0.25, 0.3) is 0 Å². The fourth-order valence-electron chi connectivity index (χ4n) is 1.35. The molecule has 0 unspecified atom stereocenters. The first-order valence-electron chi connectivity index (χ1n) is 5.39. The van der Waals surface area contributed by atoms with Crippen LogP contribution < -0.4 is 5.32 Å². The molecular weight excluding hydrogens is 224 g/mol. The highest BCUT2D eigenvalue weighted by atomic mass is 15.1. The maximum atomic E-state index is 8.85. The van der Waals surface area contributed by atoms with Gasteiger partial charge in [0, 0.05) is 26.0 Å². The van der Waals surface area contributed by atoms with E-state index in [4.69, 9.17) is 10.5 Å². The van der Waals surface area contributed by atoms with E-state index in [1.54, 1.807) is 31.3 Å². The van der Waals surface area contributed by atoms with Crippen LogP contribution >= 0.6 is 0 Å². The molecule has 0 aliphatic rings. The second-order valence-corrected chi connectivity index (χ2v) is 3.72. The fraction of sp³-hybridized carbons (Fsp3) is 0.143. The van der Waals surface area contributed by atoms with Crippen molar-refractivity contribution in [3.05, 3.63) is 53.9 Å². The van der Waals surface area contributed by atoms with Gasteiger partial charge in [0.15, 0.2) is 5.57 Å². The number of hydrogen-bond donors (Lipinski definition) is 1. The minimum absolute atomic E-state index is 0.0890. The summed E-state index contributed by atoms with van der Waals surface area (Å²) in [7, 11) is 3.58. The number of nitrogens with zero attached hydrogens (tertiary/aromatic N) is 3. The van der Waals surface area contributed by atoms with E-state index in [-0.39, 0.29) is 5.57 Å². The van der Waals surface area contributed by atoms with Crippen LogP contribution in [0.1, 0.15) is 0 Å². The Hall–Kier alpha value is -2.72. The van der Waals surface area contributed by atoms with Crippen molar-refractivity contribution in [1.29, 1.82) is 10.5 Å². The number of nitrogens with one attached hydrogen (secondary N) is 1. The molecule has 0 saturated carbocycles. The van der Waals surface area contributed by atoms with E-state index < -0.39 is 0 Å². The van der Waals surface area contributed by atoms with Crippen molar-refractivity contribution in [1.82, 2.24) is 4.90 Å². The van der Waals surface area contributed by atoms with E-state index in [1.165, 1.54) is 0 Å². The summed E-state index contributed by atoms with van der Waals surface area (Å²) in [5, 5.41) is 20.8. The number of nitriles is 2. The number of benzene rings is 1. The van der Waals surface area contributed by atoms with Gasteiger partial charge in [0.2, 0.25) is 0 Å². The number of hydrogen-bond acceptors (Lipinski definition) is 4. The zero-order chi connectivity index (χ0) is 13.4. The third-order valence-electron chi connectivity index (χ3n) is 2.23. The third kappa shape index (κ3) is 3.70. The van der Waals surface area contributed by atoms with Gasteiger partial charge in [0.1, 0.15) is 12.1 Å². The number of rotatable bonds is 4. The topological polar surface area (TPSA) is 62.9 Å². The van der Waals surface area contributed by atoms with Gasteiger partial charge >= 0.3 is 0 Å². The van der Waals surface area contributed by atoms with Gasteiger partial charge in [0.05, 0.1) is 5.70 Å². The quantitative estimate of drug-likeness (QED) is 0.646. The number of para-hydroxylation sites is 1. The van der Waals surface area contributed by atoms with Gasteiger partial charge in [-0.25, -0.2) is 0 Å². The highest BCUT2D eigenvalue weighted by Crippen LogP contribution is 2.09. The van der Waals surface area contributed by atoms with Crippen molar-refractivity contribution in [2.45, 2.75) is 0 Å². The molecule has 1 aromatic carbocycles. The molecule has 18 heavy (non-hydrogen) atoms. The van der Waals surface area contributed by atoms with E-state index in [2.05, 4.69) is 5.32 Å². The summed E-state index contributed by atoms with van der Waals surface area (Å²) in [6, 6.07) is 13.4. The molecule has 0 amide bonds. The lowest BCUT2D eigenvalue weighted by Crippen LogP contribution is -2.11. The molecule has 0 fully saturated rings. The van der Waals surface area contributed by atoms with Crippen molar-refractivity contribution in [3.8, 4) is 12.1 Å². The Kier molecular flexibility index (Phi) is 5.02. The SMILES string of the molecule is CN(C)C(C=CNc1ccccc1)=C(C#N)C#N. The third-order valence-corrected chi connectivity index (χ3v) is 2.23. The average Bonchev–Trinajstić information content (AvgIpc) is 2.39. The molecule has 0 bridgehead atoms. The van der Waals surface area contributed by atoms with Crippen LogP contribution in [-0.2, 0) is 0 Å². The minimum Gasteiger partial charge on any atom is -0.376 e. The van der Waals surface area contributed by atoms with Crippen LogP contribution in [0.25, 0.3) is 0 Å². The van der Waals surface area contributed by atoms with Crippen molar-refractivity contribution in [3.63, 3.8) is 0 Å². The summed E-state index contributed by atoms with van der Waals surface area (Å²) in [6.07, 6.45) is 3.41. The Balaban J connectivity index is 2.85. The summed E-state index contributed by atoms with van der Waals surface area (Å²) < 4.78 is 0. The molecule has 1 rings (SSSR count). The Morgan fingerprint density at radius 1 is 1.17 bits per heavy atom. The molecule has 0 spiro atoms. The van der Waals surface area contributed by atoms with Gasteiger partial charge in [-0.05, 0) is 18.2 Å². The molecule has 0 atom stereocenters. The Morgan fingerprint density at radius 3 is 2.28 bits per heavy atom. The second-order valence-electron chi connectivity index (χ2n) is 3.72. The minimum atomic E-state index is 0.0890. The first-order valence-corrected chi connectivity index (χ1v) is 5.39. The molecule has 0 aliphatic carbocycles. The number of likely N-dealkylation sites (N-methyl/N-ethyl adjacent to an activating group) is 1. The first kappa shape index (κ1) is 13.3. The maximum absolute atomic E-state index is 8.85. The van der Waals surface area contributed by atoms with Gasteiger partial charge in [-0.2, -0.15) is 10.5 Å². The van der Waals surface area contributed by atoms with Gasteiger partial charge in [-0.15, -0.1) is 0 Å². The molecule has 1 aromatic rings. The fourth-order valence-corrected chi connectivity index (χ4v) is 1.35. The monoisotopic (exact) mass is 238 g/mol. The predicted molar refractivity (Wildman–Crippen MR) is 71.1 cm³/mol. The van der Waals surface area contributed by atoms with Crippen LogP contribution in [0.3, 0.4) is 0 Å². The lowest BCUT2D eigenvalue weighted by molar-refractivity contribution is 0.527. The highest BCUT2D eigenvalue weighted by molar-refractivity contribution is 5.48. The van der Waals surface area contributed by atoms with Gasteiger partial charge < -0.3 is 10.2 Å². The molecule has 4 heteroatoms. The molecule has 0 radical (unpaired) electrons. The van der Waals surface area contributed by atoms with Crippen LogP contribution in [0.15, 0.2) is 53.9 Å². The van der Waals surface area contributed by atoms with Gasteiger partial charge in [-0.1, -0.05) is 18.2 Å². The van der Waals surface area contributed by atoms with Crippen molar-refractivity contribution in [2.24, 2.45) is 0 Å². The first-order chi connectivity index (χ1) is 8.69. The zero-order valence-corrected chi connectivity index (χ0v) is 10.4. The standard InChI is InChI=1S/C14H14N4/c1-18(2)14(12(10-15)11-16)8-9-17-13-6-4-3-5-7-13/h3-9,17H,1-2H3. The van der Waals surface area contributed by atoms with E-state index in [0.29, 0.717) is 5.70 Å². The Morgan fingerprint density at radius 2 is 1.78 bits per heavy atom. The van der Waals surface area contributed by atoms with E-state index in [9.17, 15) is 0 Å². The van der Waals surface area contributed by atoms with E-state index in [0.717, 1.165) is 5.69 Å². The molecule has 0 aliphatic heterocycles. The van der Waals surface area contributed by atoms with E-state index in [1.807, 2.05) is 42.5 Å². The molecular formula is C14H14N4. The largest absolute Gasteiger partial charge is 0.376 e. The summed E-state index contributed by atoms with van der Waals surface area (Å²) in [6.45, 7) is 0. The van der Waals surface area contributed by atoms with Crippen molar-refractivity contribution < 1.29 is 0 Å². The van der Waals surface area contributed by atoms with Crippen LogP contribution in [0, 0.1) is 22.7 Å². The van der Waals surface area contributed by atoms with Crippen LogP contribution in [0.5, 0.6) is 0 Å². The second kappa shape index (κ2) is 6.78. The Bertz CT molecular complexity index is 511. The smallest absolute Gasteiger partial charge is 0.152 e. The highest BCUT2D eigenvalue weighted by Gasteiger charge is 2.04. The summed E-state index contributed by atoms with van der Waals surface area (Å²) >= 11 is 0. The molecule has 0 saturated heterocycles. The molecule has 0 aromatic heterocycles. The molecule has 1 N–H and O–H groups in total. The number of anilines is 1. The van der Waals surface area contributed by atoms with Crippen LogP contribution in [0.2, 0.25) is 0 Å².